The Balaban J connectivity index is 2.82. The first-order chi connectivity index (χ1) is 8.97. The molecule has 1 rings (SSSR count). The summed E-state index contributed by atoms with van der Waals surface area (Å²) in [7, 11) is 1.85. The first-order valence-corrected chi connectivity index (χ1v) is 6.50. The highest BCUT2D eigenvalue weighted by Gasteiger charge is 2.14. The molecule has 1 aromatic heterocycles. The molecule has 0 amide bonds. The SMILES string of the molecule is CCOC(=O)CCN(C)c1nccc(C)c1C(N)=S. The van der Waals surface area contributed by atoms with Crippen LogP contribution >= 0.6 is 12.2 Å². The monoisotopic (exact) mass is 281 g/mol. The second-order valence-corrected chi connectivity index (χ2v) is 4.61. The van der Waals surface area contributed by atoms with Crippen LogP contribution in [0, 0.1) is 6.92 Å². The minimum atomic E-state index is -0.223. The summed E-state index contributed by atoms with van der Waals surface area (Å²) in [5.41, 5.74) is 7.46. The third kappa shape index (κ3) is 4.17. The van der Waals surface area contributed by atoms with Gasteiger partial charge in [-0.05, 0) is 25.5 Å². The molecule has 0 aliphatic heterocycles. The molecule has 0 saturated carbocycles. The molecular formula is C13H19N3O2S. The summed E-state index contributed by atoms with van der Waals surface area (Å²) in [6.07, 6.45) is 2.00. The number of pyridine rings is 1. The number of hydrogen-bond donors (Lipinski definition) is 1. The number of aryl methyl sites for hydroxylation is 1. The van der Waals surface area contributed by atoms with Crippen LogP contribution in [-0.4, -0.2) is 36.1 Å². The molecule has 0 saturated heterocycles. The number of ether oxygens (including phenoxy) is 1. The van der Waals surface area contributed by atoms with Crippen molar-refractivity contribution < 1.29 is 9.53 Å². The Hall–Kier alpha value is -1.69. The fourth-order valence-electron chi connectivity index (χ4n) is 1.74. The van der Waals surface area contributed by atoms with E-state index >= 15 is 0 Å². The van der Waals surface area contributed by atoms with Crippen molar-refractivity contribution in [3.8, 4) is 0 Å². The van der Waals surface area contributed by atoms with E-state index in [4.69, 9.17) is 22.7 Å². The standard InChI is InChI=1S/C13H19N3O2S/c1-4-18-10(17)6-8-16(3)13-11(12(14)19)9(2)5-7-15-13/h5,7H,4,6,8H2,1-3H3,(H2,14,19). The summed E-state index contributed by atoms with van der Waals surface area (Å²) < 4.78 is 4.89. The number of thiocarbonyl (C=S) groups is 1. The Morgan fingerprint density at radius 2 is 2.26 bits per heavy atom. The van der Waals surface area contributed by atoms with E-state index in [-0.39, 0.29) is 5.97 Å². The maximum atomic E-state index is 11.3. The second-order valence-electron chi connectivity index (χ2n) is 4.17. The smallest absolute Gasteiger partial charge is 0.307 e. The minimum Gasteiger partial charge on any atom is -0.466 e. The van der Waals surface area contributed by atoms with E-state index in [9.17, 15) is 4.79 Å². The molecule has 0 spiro atoms. The zero-order chi connectivity index (χ0) is 14.4. The Morgan fingerprint density at radius 1 is 1.58 bits per heavy atom. The summed E-state index contributed by atoms with van der Waals surface area (Å²) in [5, 5.41) is 0. The lowest BCUT2D eigenvalue weighted by molar-refractivity contribution is -0.142. The van der Waals surface area contributed by atoms with Crippen LogP contribution < -0.4 is 10.6 Å². The van der Waals surface area contributed by atoms with Crippen LogP contribution in [0.4, 0.5) is 5.82 Å². The van der Waals surface area contributed by atoms with Gasteiger partial charge >= 0.3 is 5.97 Å². The van der Waals surface area contributed by atoms with E-state index in [0.29, 0.717) is 30.4 Å². The predicted octanol–water partition coefficient (Wildman–Crippen LogP) is 1.41. The van der Waals surface area contributed by atoms with Gasteiger partial charge in [-0.25, -0.2) is 4.98 Å². The van der Waals surface area contributed by atoms with Crippen molar-refractivity contribution in [3.05, 3.63) is 23.4 Å². The van der Waals surface area contributed by atoms with E-state index in [1.54, 1.807) is 13.1 Å². The zero-order valence-corrected chi connectivity index (χ0v) is 12.3. The van der Waals surface area contributed by atoms with Crippen LogP contribution in [0.1, 0.15) is 24.5 Å². The molecule has 0 aliphatic carbocycles. The van der Waals surface area contributed by atoms with Crippen molar-refractivity contribution in [1.29, 1.82) is 0 Å². The Labute approximate surface area is 118 Å². The lowest BCUT2D eigenvalue weighted by atomic mass is 10.1. The molecule has 0 aliphatic rings. The summed E-state index contributed by atoms with van der Waals surface area (Å²) >= 11 is 5.05. The highest BCUT2D eigenvalue weighted by Crippen LogP contribution is 2.19. The molecule has 104 valence electrons. The number of nitrogens with zero attached hydrogens (tertiary/aromatic N) is 2. The molecule has 6 heteroatoms. The lowest BCUT2D eigenvalue weighted by Crippen LogP contribution is -2.26. The first-order valence-electron chi connectivity index (χ1n) is 6.09. The van der Waals surface area contributed by atoms with Gasteiger partial charge in [-0.1, -0.05) is 12.2 Å². The molecule has 2 N–H and O–H groups in total. The van der Waals surface area contributed by atoms with Crippen molar-refractivity contribution in [1.82, 2.24) is 4.98 Å². The number of carbonyl (C=O) groups excluding carboxylic acids is 1. The van der Waals surface area contributed by atoms with Gasteiger partial charge in [0.25, 0.3) is 0 Å². The van der Waals surface area contributed by atoms with Crippen molar-refractivity contribution in [3.63, 3.8) is 0 Å². The molecular weight excluding hydrogens is 262 g/mol. The Kier molecular flexibility index (Phi) is 5.69. The predicted molar refractivity (Wildman–Crippen MR) is 79.4 cm³/mol. The molecule has 5 nitrogen and oxygen atoms in total. The average molecular weight is 281 g/mol. The summed E-state index contributed by atoms with van der Waals surface area (Å²) in [4.78, 5) is 17.8. The third-order valence-electron chi connectivity index (χ3n) is 2.70. The van der Waals surface area contributed by atoms with Gasteiger partial charge in [0.1, 0.15) is 10.8 Å². The van der Waals surface area contributed by atoms with Crippen LogP contribution in [0.25, 0.3) is 0 Å². The van der Waals surface area contributed by atoms with Gasteiger partial charge in [0.05, 0.1) is 18.6 Å². The molecule has 19 heavy (non-hydrogen) atoms. The van der Waals surface area contributed by atoms with Crippen LogP contribution in [0.2, 0.25) is 0 Å². The fourth-order valence-corrected chi connectivity index (χ4v) is 1.99. The maximum Gasteiger partial charge on any atom is 0.307 e. The van der Waals surface area contributed by atoms with Crippen molar-refractivity contribution in [2.45, 2.75) is 20.3 Å². The van der Waals surface area contributed by atoms with Gasteiger partial charge < -0.3 is 15.4 Å². The number of aromatic nitrogens is 1. The number of nitrogens with two attached hydrogens (primary N) is 1. The quantitative estimate of drug-likeness (QED) is 0.628. The Bertz CT molecular complexity index is 477. The van der Waals surface area contributed by atoms with Crippen LogP contribution in [0.15, 0.2) is 12.3 Å². The summed E-state index contributed by atoms with van der Waals surface area (Å²) in [6, 6.07) is 1.86. The normalized spacial score (nSPS) is 10.1. The van der Waals surface area contributed by atoms with Gasteiger partial charge in [0.2, 0.25) is 0 Å². The number of esters is 1. The van der Waals surface area contributed by atoms with Gasteiger partial charge in [-0.3, -0.25) is 4.79 Å². The number of rotatable bonds is 6. The molecule has 1 heterocycles. The summed E-state index contributed by atoms with van der Waals surface area (Å²) in [6.45, 7) is 4.61. The fraction of sp³-hybridized carbons (Fsp3) is 0.462. The third-order valence-corrected chi connectivity index (χ3v) is 2.91. The Morgan fingerprint density at radius 3 is 2.84 bits per heavy atom. The van der Waals surface area contributed by atoms with Crippen molar-refractivity contribution in [2.75, 3.05) is 25.1 Å². The zero-order valence-electron chi connectivity index (χ0n) is 11.5. The average Bonchev–Trinajstić information content (AvgIpc) is 2.35. The van der Waals surface area contributed by atoms with E-state index in [0.717, 1.165) is 11.1 Å². The summed E-state index contributed by atoms with van der Waals surface area (Å²) in [5.74, 6) is 0.468. The largest absolute Gasteiger partial charge is 0.466 e. The van der Waals surface area contributed by atoms with E-state index in [1.165, 1.54) is 0 Å². The van der Waals surface area contributed by atoms with Crippen molar-refractivity contribution in [2.24, 2.45) is 5.73 Å². The molecule has 0 bridgehead atoms. The van der Waals surface area contributed by atoms with Crippen LogP contribution in [0.5, 0.6) is 0 Å². The van der Waals surface area contributed by atoms with E-state index in [2.05, 4.69) is 4.98 Å². The van der Waals surface area contributed by atoms with Crippen LogP contribution in [0.3, 0.4) is 0 Å². The van der Waals surface area contributed by atoms with Gasteiger partial charge in [-0.2, -0.15) is 0 Å². The van der Waals surface area contributed by atoms with E-state index < -0.39 is 0 Å². The second kappa shape index (κ2) is 7.04. The number of carbonyl (C=O) groups is 1. The lowest BCUT2D eigenvalue weighted by Gasteiger charge is -2.21. The van der Waals surface area contributed by atoms with Crippen LogP contribution in [-0.2, 0) is 9.53 Å². The molecule has 0 fully saturated rings. The maximum absolute atomic E-state index is 11.3. The van der Waals surface area contributed by atoms with Gasteiger partial charge in [0.15, 0.2) is 0 Å². The first kappa shape index (κ1) is 15.4. The molecule has 0 radical (unpaired) electrons. The number of anilines is 1. The molecule has 0 atom stereocenters. The topological polar surface area (TPSA) is 68.5 Å². The van der Waals surface area contributed by atoms with Gasteiger partial charge in [0, 0.05) is 19.8 Å². The van der Waals surface area contributed by atoms with Crippen molar-refractivity contribution >= 4 is 29.0 Å². The van der Waals surface area contributed by atoms with E-state index in [1.807, 2.05) is 24.9 Å². The molecule has 1 aromatic rings. The minimum absolute atomic E-state index is 0.223. The molecule has 0 unspecified atom stereocenters. The highest BCUT2D eigenvalue weighted by molar-refractivity contribution is 7.80. The molecule has 0 aromatic carbocycles. The van der Waals surface area contributed by atoms with Gasteiger partial charge in [-0.15, -0.1) is 0 Å². The number of hydrogen-bond acceptors (Lipinski definition) is 5. The highest BCUT2D eigenvalue weighted by atomic mass is 32.1.